The van der Waals surface area contributed by atoms with E-state index >= 15 is 0 Å². The van der Waals surface area contributed by atoms with Crippen LogP contribution in [0.3, 0.4) is 0 Å². The number of rotatable bonds is 6. The second kappa shape index (κ2) is 6.26. The Bertz CT molecular complexity index is 432. The number of carbonyl (C=O) groups is 1. The Labute approximate surface area is 107 Å². The minimum absolute atomic E-state index is 0.367. The maximum atomic E-state index is 10.6. The van der Waals surface area contributed by atoms with E-state index in [1.165, 1.54) is 0 Å². The number of ether oxygens (including phenoxy) is 1. The molecule has 4 N–H and O–H groups in total. The summed E-state index contributed by atoms with van der Waals surface area (Å²) >= 11 is 0. The summed E-state index contributed by atoms with van der Waals surface area (Å²) in [6, 6.07) is 3.14. The summed E-state index contributed by atoms with van der Waals surface area (Å²) < 4.78 is 5.30. The molecule has 0 aliphatic heterocycles. The fourth-order valence-electron chi connectivity index (χ4n) is 1.79. The first kappa shape index (κ1) is 14.3. The quantitative estimate of drug-likeness (QED) is 0.715. The molecule has 1 aromatic rings. The summed E-state index contributed by atoms with van der Waals surface area (Å²) in [6.07, 6.45) is 0.367. The van der Waals surface area contributed by atoms with Crippen LogP contribution in [0.5, 0.6) is 5.75 Å². The Kier molecular flexibility index (Phi) is 4.97. The molecule has 0 aliphatic rings. The molecule has 0 radical (unpaired) electrons. The zero-order valence-corrected chi connectivity index (χ0v) is 11.0. The molecule has 0 aromatic heterocycles. The molecule has 18 heavy (non-hydrogen) atoms. The lowest BCUT2D eigenvalue weighted by Gasteiger charge is -2.15. The fraction of sp³-hybridized carbons (Fsp3) is 0.462. The second-order valence-electron chi connectivity index (χ2n) is 4.32. The number of hydrogen-bond acceptors (Lipinski definition) is 4. The van der Waals surface area contributed by atoms with E-state index in [9.17, 15) is 4.79 Å². The van der Waals surface area contributed by atoms with Crippen molar-refractivity contribution >= 4 is 11.7 Å². The summed E-state index contributed by atoms with van der Waals surface area (Å²) in [5, 5.41) is 11.9. The molecule has 0 spiro atoms. The number of aryl methyl sites for hydroxylation is 2. The van der Waals surface area contributed by atoms with Crippen molar-refractivity contribution in [1.82, 2.24) is 0 Å². The van der Waals surface area contributed by atoms with Crippen molar-refractivity contribution in [2.45, 2.75) is 26.3 Å². The number of anilines is 1. The van der Waals surface area contributed by atoms with E-state index in [0.717, 1.165) is 22.6 Å². The molecule has 5 nitrogen and oxygen atoms in total. The standard InChI is InChI=1S/C13H20N2O3/c1-8-6-9(2)12(11(7-8)18-3)15-5-4-10(14)13(16)17/h6-7,10,15H,4-5,14H2,1-3H3,(H,16,17). The average Bonchev–Trinajstić information content (AvgIpc) is 2.30. The van der Waals surface area contributed by atoms with E-state index in [4.69, 9.17) is 15.6 Å². The van der Waals surface area contributed by atoms with Crippen LogP contribution in [0, 0.1) is 13.8 Å². The van der Waals surface area contributed by atoms with Gasteiger partial charge in [-0.1, -0.05) is 6.07 Å². The van der Waals surface area contributed by atoms with Crippen LogP contribution in [-0.2, 0) is 4.79 Å². The minimum Gasteiger partial charge on any atom is -0.495 e. The zero-order valence-electron chi connectivity index (χ0n) is 11.0. The molecule has 1 atom stereocenters. The van der Waals surface area contributed by atoms with Crippen molar-refractivity contribution in [2.75, 3.05) is 19.0 Å². The number of hydrogen-bond donors (Lipinski definition) is 3. The van der Waals surface area contributed by atoms with Crippen LogP contribution in [0.15, 0.2) is 12.1 Å². The van der Waals surface area contributed by atoms with E-state index in [1.54, 1.807) is 7.11 Å². The van der Waals surface area contributed by atoms with Gasteiger partial charge in [-0.3, -0.25) is 4.79 Å². The Balaban J connectivity index is 2.70. The maximum Gasteiger partial charge on any atom is 0.320 e. The van der Waals surface area contributed by atoms with E-state index in [-0.39, 0.29) is 0 Å². The number of methoxy groups -OCH3 is 1. The molecule has 0 saturated heterocycles. The molecule has 0 bridgehead atoms. The molecular formula is C13H20N2O3. The van der Waals surface area contributed by atoms with E-state index in [1.807, 2.05) is 26.0 Å². The van der Waals surface area contributed by atoms with Gasteiger partial charge in [0, 0.05) is 6.54 Å². The third kappa shape index (κ3) is 3.63. The van der Waals surface area contributed by atoms with Gasteiger partial charge in [-0.2, -0.15) is 0 Å². The van der Waals surface area contributed by atoms with Gasteiger partial charge in [-0.25, -0.2) is 0 Å². The highest BCUT2D eigenvalue weighted by Crippen LogP contribution is 2.29. The first-order valence-electron chi connectivity index (χ1n) is 5.83. The SMILES string of the molecule is COc1cc(C)cc(C)c1NCCC(N)C(=O)O. The number of benzene rings is 1. The Morgan fingerprint density at radius 2 is 2.17 bits per heavy atom. The first-order chi connectivity index (χ1) is 8.45. The average molecular weight is 252 g/mol. The normalized spacial score (nSPS) is 12.0. The van der Waals surface area contributed by atoms with Crippen molar-refractivity contribution < 1.29 is 14.6 Å². The molecule has 0 saturated carbocycles. The number of aliphatic carboxylic acids is 1. The monoisotopic (exact) mass is 252 g/mol. The van der Waals surface area contributed by atoms with Crippen LogP contribution < -0.4 is 15.8 Å². The topological polar surface area (TPSA) is 84.6 Å². The number of nitrogens with one attached hydrogen (secondary N) is 1. The number of nitrogens with two attached hydrogens (primary N) is 1. The molecule has 0 aliphatic carbocycles. The molecule has 5 heteroatoms. The van der Waals surface area contributed by atoms with Crippen molar-refractivity contribution in [2.24, 2.45) is 5.73 Å². The molecule has 1 aromatic carbocycles. The Morgan fingerprint density at radius 1 is 1.50 bits per heavy atom. The van der Waals surface area contributed by atoms with Crippen LogP contribution in [0.25, 0.3) is 0 Å². The van der Waals surface area contributed by atoms with Gasteiger partial charge in [0.2, 0.25) is 0 Å². The van der Waals surface area contributed by atoms with Crippen molar-refractivity contribution in [1.29, 1.82) is 0 Å². The van der Waals surface area contributed by atoms with Gasteiger partial charge in [0.15, 0.2) is 0 Å². The molecular weight excluding hydrogens is 232 g/mol. The van der Waals surface area contributed by atoms with Crippen molar-refractivity contribution in [3.63, 3.8) is 0 Å². The fourth-order valence-corrected chi connectivity index (χ4v) is 1.79. The summed E-state index contributed by atoms with van der Waals surface area (Å²) in [7, 11) is 1.61. The molecule has 0 amide bonds. The molecule has 1 unspecified atom stereocenters. The number of carboxylic acids is 1. The van der Waals surface area contributed by atoms with Gasteiger partial charge >= 0.3 is 5.97 Å². The van der Waals surface area contributed by atoms with E-state index in [2.05, 4.69) is 5.32 Å². The van der Waals surface area contributed by atoms with Gasteiger partial charge in [0.05, 0.1) is 12.8 Å². The lowest BCUT2D eigenvalue weighted by atomic mass is 10.1. The predicted molar refractivity (Wildman–Crippen MR) is 71.2 cm³/mol. The summed E-state index contributed by atoms with van der Waals surface area (Å²) in [6.45, 7) is 4.47. The maximum absolute atomic E-state index is 10.6. The smallest absolute Gasteiger partial charge is 0.320 e. The van der Waals surface area contributed by atoms with Crippen LogP contribution in [0.4, 0.5) is 5.69 Å². The predicted octanol–water partition coefficient (Wildman–Crippen LogP) is 1.53. The van der Waals surface area contributed by atoms with Crippen LogP contribution in [-0.4, -0.2) is 30.8 Å². The summed E-state index contributed by atoms with van der Waals surface area (Å²) in [5.74, 6) is -0.221. The summed E-state index contributed by atoms with van der Waals surface area (Å²) in [5.41, 5.74) is 8.52. The summed E-state index contributed by atoms with van der Waals surface area (Å²) in [4.78, 5) is 10.6. The highest BCUT2D eigenvalue weighted by atomic mass is 16.5. The molecule has 1 rings (SSSR count). The molecule has 0 heterocycles. The van der Waals surface area contributed by atoms with E-state index in [0.29, 0.717) is 13.0 Å². The van der Waals surface area contributed by atoms with Gasteiger partial charge in [0.25, 0.3) is 0 Å². The van der Waals surface area contributed by atoms with Crippen LogP contribution >= 0.6 is 0 Å². The van der Waals surface area contributed by atoms with Crippen LogP contribution in [0.2, 0.25) is 0 Å². The largest absolute Gasteiger partial charge is 0.495 e. The van der Waals surface area contributed by atoms with Gasteiger partial charge in [-0.15, -0.1) is 0 Å². The molecule has 100 valence electrons. The zero-order chi connectivity index (χ0) is 13.7. The van der Waals surface area contributed by atoms with Gasteiger partial charge < -0.3 is 20.9 Å². The first-order valence-corrected chi connectivity index (χ1v) is 5.83. The lowest BCUT2D eigenvalue weighted by Crippen LogP contribution is -2.32. The van der Waals surface area contributed by atoms with E-state index < -0.39 is 12.0 Å². The third-order valence-corrected chi connectivity index (χ3v) is 2.74. The Morgan fingerprint density at radius 3 is 2.72 bits per heavy atom. The van der Waals surface area contributed by atoms with Gasteiger partial charge in [-0.05, 0) is 37.5 Å². The highest BCUT2D eigenvalue weighted by Gasteiger charge is 2.12. The van der Waals surface area contributed by atoms with Crippen molar-refractivity contribution in [3.05, 3.63) is 23.3 Å². The van der Waals surface area contributed by atoms with Crippen LogP contribution in [0.1, 0.15) is 17.5 Å². The lowest BCUT2D eigenvalue weighted by molar-refractivity contribution is -0.138. The molecule has 0 fully saturated rings. The number of carboxylic acid groups (broad SMARTS) is 1. The second-order valence-corrected chi connectivity index (χ2v) is 4.32. The highest BCUT2D eigenvalue weighted by molar-refractivity contribution is 5.73. The van der Waals surface area contributed by atoms with Crippen molar-refractivity contribution in [3.8, 4) is 5.75 Å². The Hall–Kier alpha value is -1.75. The third-order valence-electron chi connectivity index (χ3n) is 2.74. The minimum atomic E-state index is -0.982. The van der Waals surface area contributed by atoms with Gasteiger partial charge in [0.1, 0.15) is 11.8 Å².